The van der Waals surface area contributed by atoms with E-state index in [4.69, 9.17) is 5.73 Å². The van der Waals surface area contributed by atoms with Gasteiger partial charge < -0.3 is 10.8 Å². The lowest BCUT2D eigenvalue weighted by Crippen LogP contribution is -2.54. The first-order valence-electron chi connectivity index (χ1n) is 9.89. The highest BCUT2D eigenvalue weighted by molar-refractivity contribution is 7.89. The lowest BCUT2D eigenvalue weighted by molar-refractivity contribution is 0.128. The molecule has 3 rings (SSSR count). The number of hydrogen-bond donors (Lipinski definition) is 3. The van der Waals surface area contributed by atoms with Gasteiger partial charge in [0.25, 0.3) is 0 Å². The van der Waals surface area contributed by atoms with E-state index in [1.54, 1.807) is 31.2 Å². The summed E-state index contributed by atoms with van der Waals surface area (Å²) in [4.78, 5) is 0.152. The number of aryl methyl sites for hydroxylation is 1. The van der Waals surface area contributed by atoms with E-state index >= 15 is 0 Å². The van der Waals surface area contributed by atoms with E-state index in [9.17, 15) is 13.5 Å². The van der Waals surface area contributed by atoms with Crippen LogP contribution in [0.1, 0.15) is 36.1 Å². The summed E-state index contributed by atoms with van der Waals surface area (Å²) in [6.45, 7) is 3.53. The third-order valence-electron chi connectivity index (χ3n) is 5.24. The van der Waals surface area contributed by atoms with Crippen molar-refractivity contribution in [3.63, 3.8) is 0 Å². The Morgan fingerprint density at radius 2 is 1.47 bits per heavy atom. The van der Waals surface area contributed by atoms with Crippen molar-refractivity contribution in [3.05, 3.63) is 102 Å². The molecule has 0 spiro atoms. The number of rotatable bonds is 8. The Labute approximate surface area is 178 Å². The van der Waals surface area contributed by atoms with Gasteiger partial charge in [-0.2, -0.15) is 4.72 Å². The Balaban J connectivity index is 2.18. The second kappa shape index (κ2) is 9.10. The topological polar surface area (TPSA) is 92.4 Å². The number of aliphatic hydroxyl groups excluding tert-OH is 1. The third kappa shape index (κ3) is 4.79. The molecule has 0 aliphatic rings. The van der Waals surface area contributed by atoms with Gasteiger partial charge in [-0.3, -0.25) is 0 Å². The van der Waals surface area contributed by atoms with Crippen LogP contribution in [0, 0.1) is 6.92 Å². The van der Waals surface area contributed by atoms with Gasteiger partial charge >= 0.3 is 0 Å². The summed E-state index contributed by atoms with van der Waals surface area (Å²) in [5.41, 5.74) is 7.91. The van der Waals surface area contributed by atoms with Crippen LogP contribution in [0.2, 0.25) is 0 Å². The predicted molar refractivity (Wildman–Crippen MR) is 119 cm³/mol. The molecule has 3 atom stereocenters. The standard InChI is InChI=1S/C24H28N2O3S/c1-18-13-15-22(16-14-18)30(28,29)26-24(17-19(2)27,21-11-7-4-8-12-21)23(25)20-9-5-3-6-10-20/h3-16,19,23,26-27H,17,25H2,1-2H3/t19?,23-,24-/m1/s1. The Bertz CT molecular complexity index is 1050. The largest absolute Gasteiger partial charge is 0.393 e. The zero-order chi connectivity index (χ0) is 21.8. The van der Waals surface area contributed by atoms with Gasteiger partial charge in [0.15, 0.2) is 0 Å². The Kier molecular flexibility index (Phi) is 6.73. The maximum atomic E-state index is 13.4. The van der Waals surface area contributed by atoms with E-state index in [2.05, 4.69) is 4.72 Å². The summed E-state index contributed by atoms with van der Waals surface area (Å²) in [6, 6.07) is 24.5. The van der Waals surface area contributed by atoms with E-state index in [0.717, 1.165) is 11.1 Å². The maximum absolute atomic E-state index is 13.4. The highest BCUT2D eigenvalue weighted by Gasteiger charge is 2.44. The molecular weight excluding hydrogens is 396 g/mol. The van der Waals surface area contributed by atoms with Crippen LogP contribution in [0.5, 0.6) is 0 Å². The molecular formula is C24H28N2O3S. The molecule has 0 fully saturated rings. The first kappa shape index (κ1) is 22.2. The summed E-state index contributed by atoms with van der Waals surface area (Å²) >= 11 is 0. The molecule has 0 saturated heterocycles. The minimum absolute atomic E-state index is 0.109. The van der Waals surface area contributed by atoms with Gasteiger partial charge in [0, 0.05) is 0 Å². The molecule has 4 N–H and O–H groups in total. The summed E-state index contributed by atoms with van der Waals surface area (Å²) in [5.74, 6) is 0. The molecule has 6 heteroatoms. The van der Waals surface area contributed by atoms with Crippen molar-refractivity contribution >= 4 is 10.0 Å². The molecule has 3 aromatic carbocycles. The Hall–Kier alpha value is -2.51. The Morgan fingerprint density at radius 1 is 0.933 bits per heavy atom. The van der Waals surface area contributed by atoms with Gasteiger partial charge in [-0.15, -0.1) is 0 Å². The fraction of sp³-hybridized carbons (Fsp3) is 0.250. The van der Waals surface area contributed by atoms with Crippen LogP contribution >= 0.6 is 0 Å². The fourth-order valence-corrected chi connectivity index (χ4v) is 5.17. The molecule has 1 unspecified atom stereocenters. The van der Waals surface area contributed by atoms with Crippen LogP contribution in [0.15, 0.2) is 89.8 Å². The van der Waals surface area contributed by atoms with Gasteiger partial charge in [-0.1, -0.05) is 78.4 Å². The van der Waals surface area contributed by atoms with E-state index in [0.29, 0.717) is 5.56 Å². The van der Waals surface area contributed by atoms with Crippen LogP contribution < -0.4 is 10.5 Å². The first-order chi connectivity index (χ1) is 14.2. The van der Waals surface area contributed by atoms with Crippen molar-refractivity contribution in [1.82, 2.24) is 4.72 Å². The molecule has 0 saturated carbocycles. The van der Waals surface area contributed by atoms with E-state index in [-0.39, 0.29) is 11.3 Å². The van der Waals surface area contributed by atoms with Crippen LogP contribution in [0.4, 0.5) is 0 Å². The molecule has 0 aromatic heterocycles. The molecule has 0 radical (unpaired) electrons. The lowest BCUT2D eigenvalue weighted by atomic mass is 9.77. The molecule has 0 heterocycles. The number of nitrogens with two attached hydrogens (primary N) is 1. The second-order valence-electron chi connectivity index (χ2n) is 7.70. The molecule has 0 aliphatic heterocycles. The summed E-state index contributed by atoms with van der Waals surface area (Å²) < 4.78 is 29.7. The molecule has 3 aromatic rings. The molecule has 5 nitrogen and oxygen atoms in total. The number of hydrogen-bond acceptors (Lipinski definition) is 4. The van der Waals surface area contributed by atoms with Gasteiger partial charge in [0.2, 0.25) is 10.0 Å². The van der Waals surface area contributed by atoms with Crippen LogP contribution in [-0.4, -0.2) is 19.6 Å². The molecule has 30 heavy (non-hydrogen) atoms. The zero-order valence-electron chi connectivity index (χ0n) is 17.2. The normalized spacial score (nSPS) is 15.9. The van der Waals surface area contributed by atoms with Crippen molar-refractivity contribution in [1.29, 1.82) is 0 Å². The predicted octanol–water partition coefficient (Wildman–Crippen LogP) is 3.64. The minimum Gasteiger partial charge on any atom is -0.393 e. The lowest BCUT2D eigenvalue weighted by Gasteiger charge is -2.41. The average Bonchev–Trinajstić information content (AvgIpc) is 2.73. The van der Waals surface area contributed by atoms with Crippen molar-refractivity contribution in [2.45, 2.75) is 42.8 Å². The van der Waals surface area contributed by atoms with Crippen molar-refractivity contribution in [3.8, 4) is 0 Å². The molecule has 0 bridgehead atoms. The van der Waals surface area contributed by atoms with Gasteiger partial charge in [-0.05, 0) is 43.5 Å². The highest BCUT2D eigenvalue weighted by Crippen LogP contribution is 2.39. The SMILES string of the molecule is Cc1ccc(S(=O)(=O)N[C@](CC(C)O)(c2ccccc2)[C@H](N)c2ccccc2)cc1. The maximum Gasteiger partial charge on any atom is 0.241 e. The highest BCUT2D eigenvalue weighted by atomic mass is 32.2. The van der Waals surface area contributed by atoms with Gasteiger partial charge in [0.05, 0.1) is 22.6 Å². The first-order valence-corrected chi connectivity index (χ1v) is 11.4. The van der Waals surface area contributed by atoms with Crippen LogP contribution in [0.3, 0.4) is 0 Å². The summed E-state index contributed by atoms with van der Waals surface area (Å²) in [5, 5.41) is 10.4. The Morgan fingerprint density at radius 3 is 2.00 bits per heavy atom. The number of sulfonamides is 1. The quantitative estimate of drug-likeness (QED) is 0.515. The summed E-state index contributed by atoms with van der Waals surface area (Å²) in [7, 11) is -3.92. The van der Waals surface area contributed by atoms with E-state index < -0.39 is 27.7 Å². The van der Waals surface area contributed by atoms with Crippen molar-refractivity contribution in [2.75, 3.05) is 0 Å². The smallest absolute Gasteiger partial charge is 0.241 e. The van der Waals surface area contributed by atoms with Crippen molar-refractivity contribution in [2.24, 2.45) is 5.73 Å². The molecule has 0 amide bonds. The number of benzene rings is 3. The summed E-state index contributed by atoms with van der Waals surface area (Å²) in [6.07, 6.45) is -0.682. The molecule has 0 aliphatic carbocycles. The van der Waals surface area contributed by atoms with Crippen molar-refractivity contribution < 1.29 is 13.5 Å². The van der Waals surface area contributed by atoms with Crippen LogP contribution in [-0.2, 0) is 15.6 Å². The third-order valence-corrected chi connectivity index (χ3v) is 6.77. The van der Waals surface area contributed by atoms with Gasteiger partial charge in [-0.25, -0.2) is 8.42 Å². The minimum atomic E-state index is -3.92. The van der Waals surface area contributed by atoms with Crippen LogP contribution in [0.25, 0.3) is 0 Å². The molecule has 158 valence electrons. The fourth-order valence-electron chi connectivity index (χ4n) is 3.75. The average molecular weight is 425 g/mol. The zero-order valence-corrected chi connectivity index (χ0v) is 18.0. The van der Waals surface area contributed by atoms with Gasteiger partial charge in [0.1, 0.15) is 0 Å². The second-order valence-corrected chi connectivity index (χ2v) is 9.38. The van der Waals surface area contributed by atoms with E-state index in [1.807, 2.05) is 67.6 Å². The van der Waals surface area contributed by atoms with E-state index in [1.165, 1.54) is 0 Å². The number of nitrogens with one attached hydrogen (secondary N) is 1. The number of aliphatic hydroxyl groups is 1. The monoisotopic (exact) mass is 424 g/mol.